The van der Waals surface area contributed by atoms with Gasteiger partial charge >= 0.3 is 5.97 Å². The maximum Gasteiger partial charge on any atom is 0.336 e. The fourth-order valence-corrected chi connectivity index (χ4v) is 2.34. The van der Waals surface area contributed by atoms with E-state index < -0.39 is 5.97 Å². The Morgan fingerprint density at radius 1 is 1.42 bits per heavy atom. The summed E-state index contributed by atoms with van der Waals surface area (Å²) in [6.07, 6.45) is 2.90. The Balaban J connectivity index is 2.03. The second-order valence-electron chi connectivity index (χ2n) is 3.62. The average molecular weight is 314 g/mol. The first-order chi connectivity index (χ1) is 9.04. The number of aromatic nitrogens is 1. The highest BCUT2D eigenvalue weighted by molar-refractivity contribution is 7.09. The molecule has 0 unspecified atom stereocenters. The van der Waals surface area contributed by atoms with E-state index in [9.17, 15) is 4.79 Å². The van der Waals surface area contributed by atoms with Crippen LogP contribution in [0, 0.1) is 6.92 Å². The van der Waals surface area contributed by atoms with Gasteiger partial charge in [0.1, 0.15) is 5.75 Å². The molecular weight excluding hydrogens is 305 g/mol. The lowest BCUT2D eigenvalue weighted by molar-refractivity contribution is -0.128. The summed E-state index contributed by atoms with van der Waals surface area (Å²) in [6.45, 7) is 1.90. The number of hydrogen-bond donors (Lipinski definition) is 0. The molecule has 3 nitrogen and oxygen atoms in total. The molecule has 0 atom stereocenters. The van der Waals surface area contributed by atoms with Crippen LogP contribution in [0.4, 0.5) is 0 Å². The molecule has 2 aromatic rings. The summed E-state index contributed by atoms with van der Waals surface area (Å²) >= 11 is 13.2. The number of halogens is 2. The molecular formula is C13H9Cl2NO2S. The van der Waals surface area contributed by atoms with E-state index in [1.54, 1.807) is 18.2 Å². The molecule has 2 rings (SSSR count). The molecule has 0 aliphatic carbocycles. The third-order valence-corrected chi connectivity index (χ3v) is 3.45. The van der Waals surface area contributed by atoms with E-state index in [1.165, 1.54) is 23.5 Å². The number of aryl methyl sites for hydroxylation is 1. The molecule has 0 amide bonds. The third kappa shape index (κ3) is 4.06. The molecule has 0 saturated carbocycles. The summed E-state index contributed by atoms with van der Waals surface area (Å²) in [5.74, 6) is -0.245. The van der Waals surface area contributed by atoms with E-state index in [-0.39, 0.29) is 5.75 Å². The van der Waals surface area contributed by atoms with E-state index in [2.05, 4.69) is 4.98 Å². The lowest BCUT2D eigenvalue weighted by Crippen LogP contribution is -2.04. The standard InChI is InChI=1S/C13H9Cl2NO2S/c1-8-16-10(7-19-8)3-5-13(17)18-12-4-2-9(14)6-11(12)15/h2-7H,1H3/b5-3+. The Labute approximate surface area is 124 Å². The second kappa shape index (κ2) is 6.19. The van der Waals surface area contributed by atoms with Crippen molar-refractivity contribution in [2.45, 2.75) is 6.92 Å². The van der Waals surface area contributed by atoms with Gasteiger partial charge in [-0.15, -0.1) is 11.3 Å². The topological polar surface area (TPSA) is 39.2 Å². The van der Waals surface area contributed by atoms with Crippen molar-refractivity contribution in [3.05, 3.63) is 50.4 Å². The number of carbonyl (C=O) groups excluding carboxylic acids is 1. The number of rotatable bonds is 3. The fourth-order valence-electron chi connectivity index (χ4n) is 1.31. The first-order valence-electron chi connectivity index (χ1n) is 5.31. The number of hydrogen-bond acceptors (Lipinski definition) is 4. The van der Waals surface area contributed by atoms with Crippen molar-refractivity contribution >= 4 is 46.6 Å². The van der Waals surface area contributed by atoms with Crippen molar-refractivity contribution in [2.24, 2.45) is 0 Å². The van der Waals surface area contributed by atoms with Crippen LogP contribution >= 0.6 is 34.5 Å². The highest BCUT2D eigenvalue weighted by Gasteiger charge is 2.06. The zero-order valence-corrected chi connectivity index (χ0v) is 12.2. The molecule has 6 heteroatoms. The Bertz CT molecular complexity index is 637. The summed E-state index contributed by atoms with van der Waals surface area (Å²) in [6, 6.07) is 4.66. The highest BCUT2D eigenvalue weighted by Crippen LogP contribution is 2.27. The fraction of sp³-hybridized carbons (Fsp3) is 0.0769. The summed E-state index contributed by atoms with van der Waals surface area (Å²) in [4.78, 5) is 15.8. The summed E-state index contributed by atoms with van der Waals surface area (Å²) < 4.78 is 5.09. The number of ether oxygens (including phenoxy) is 1. The average Bonchev–Trinajstić information content (AvgIpc) is 2.76. The van der Waals surface area contributed by atoms with E-state index in [0.29, 0.717) is 10.0 Å². The first-order valence-corrected chi connectivity index (χ1v) is 6.95. The van der Waals surface area contributed by atoms with E-state index in [4.69, 9.17) is 27.9 Å². The maximum absolute atomic E-state index is 11.6. The minimum atomic E-state index is -0.519. The highest BCUT2D eigenvalue weighted by atomic mass is 35.5. The van der Waals surface area contributed by atoms with Crippen LogP contribution in [-0.2, 0) is 4.79 Å². The van der Waals surface area contributed by atoms with Crippen LogP contribution in [0.1, 0.15) is 10.7 Å². The van der Waals surface area contributed by atoms with Crippen molar-refractivity contribution in [2.75, 3.05) is 0 Å². The van der Waals surface area contributed by atoms with Crippen LogP contribution < -0.4 is 4.74 Å². The molecule has 0 N–H and O–H groups in total. The van der Waals surface area contributed by atoms with Crippen LogP contribution in [0.3, 0.4) is 0 Å². The molecule has 0 radical (unpaired) electrons. The minimum Gasteiger partial charge on any atom is -0.422 e. The molecule has 0 aliphatic heterocycles. The first kappa shape index (κ1) is 14.1. The molecule has 0 spiro atoms. The number of benzene rings is 1. The van der Waals surface area contributed by atoms with Crippen molar-refractivity contribution in [1.29, 1.82) is 0 Å². The van der Waals surface area contributed by atoms with Crippen LogP contribution in [0.15, 0.2) is 29.7 Å². The van der Waals surface area contributed by atoms with E-state index in [1.807, 2.05) is 12.3 Å². The van der Waals surface area contributed by atoms with Gasteiger partial charge in [-0.25, -0.2) is 9.78 Å². The predicted molar refractivity (Wildman–Crippen MR) is 78.0 cm³/mol. The quantitative estimate of drug-likeness (QED) is 0.479. The molecule has 1 heterocycles. The van der Waals surface area contributed by atoms with Gasteiger partial charge in [0.2, 0.25) is 0 Å². The Kier molecular flexibility index (Phi) is 4.58. The van der Waals surface area contributed by atoms with E-state index >= 15 is 0 Å². The second-order valence-corrected chi connectivity index (χ2v) is 5.53. The van der Waals surface area contributed by atoms with Crippen LogP contribution in [-0.4, -0.2) is 11.0 Å². The minimum absolute atomic E-state index is 0.273. The molecule has 0 saturated heterocycles. The summed E-state index contributed by atoms with van der Waals surface area (Å²) in [5.41, 5.74) is 0.724. The molecule has 1 aromatic carbocycles. The van der Waals surface area contributed by atoms with Crippen molar-refractivity contribution in [3.8, 4) is 5.75 Å². The van der Waals surface area contributed by atoms with Gasteiger partial charge in [0, 0.05) is 16.5 Å². The van der Waals surface area contributed by atoms with Gasteiger partial charge in [0.25, 0.3) is 0 Å². The lowest BCUT2D eigenvalue weighted by Gasteiger charge is -2.03. The van der Waals surface area contributed by atoms with Crippen molar-refractivity contribution < 1.29 is 9.53 Å². The predicted octanol–water partition coefficient (Wildman–Crippen LogP) is 4.38. The van der Waals surface area contributed by atoms with Gasteiger partial charge in [-0.05, 0) is 31.2 Å². The number of nitrogens with zero attached hydrogens (tertiary/aromatic N) is 1. The lowest BCUT2D eigenvalue weighted by atomic mass is 10.3. The van der Waals surface area contributed by atoms with Crippen LogP contribution in [0.2, 0.25) is 10.0 Å². The monoisotopic (exact) mass is 313 g/mol. The Hall–Kier alpha value is -1.36. The van der Waals surface area contributed by atoms with E-state index in [0.717, 1.165) is 10.7 Å². The van der Waals surface area contributed by atoms with Gasteiger partial charge < -0.3 is 4.74 Å². The Morgan fingerprint density at radius 3 is 2.84 bits per heavy atom. The molecule has 1 aromatic heterocycles. The van der Waals surface area contributed by atoms with Gasteiger partial charge in [-0.1, -0.05) is 23.2 Å². The van der Waals surface area contributed by atoms with Gasteiger partial charge in [0.15, 0.2) is 0 Å². The van der Waals surface area contributed by atoms with Crippen LogP contribution in [0.25, 0.3) is 6.08 Å². The smallest absolute Gasteiger partial charge is 0.336 e. The molecule has 0 bridgehead atoms. The van der Waals surface area contributed by atoms with Crippen molar-refractivity contribution in [3.63, 3.8) is 0 Å². The number of thiazole rings is 1. The normalized spacial score (nSPS) is 10.9. The zero-order chi connectivity index (χ0) is 13.8. The molecule has 0 fully saturated rings. The van der Waals surface area contributed by atoms with Gasteiger partial charge in [-0.3, -0.25) is 0 Å². The SMILES string of the molecule is Cc1nc(/C=C/C(=O)Oc2ccc(Cl)cc2Cl)cs1. The maximum atomic E-state index is 11.6. The van der Waals surface area contributed by atoms with Crippen molar-refractivity contribution in [1.82, 2.24) is 4.98 Å². The molecule has 0 aliphatic rings. The number of carbonyl (C=O) groups is 1. The molecule has 98 valence electrons. The van der Waals surface area contributed by atoms with Gasteiger partial charge in [0.05, 0.1) is 15.7 Å². The Morgan fingerprint density at radius 2 is 2.21 bits per heavy atom. The third-order valence-electron chi connectivity index (χ3n) is 2.13. The summed E-state index contributed by atoms with van der Waals surface area (Å²) in [5, 5.41) is 3.57. The number of esters is 1. The van der Waals surface area contributed by atoms with Gasteiger partial charge in [-0.2, -0.15) is 0 Å². The van der Waals surface area contributed by atoms with Crippen LogP contribution in [0.5, 0.6) is 5.75 Å². The largest absolute Gasteiger partial charge is 0.422 e. The molecule has 19 heavy (non-hydrogen) atoms. The summed E-state index contributed by atoms with van der Waals surface area (Å²) in [7, 11) is 0. The zero-order valence-electron chi connectivity index (χ0n) is 9.89.